The standard InChI is InChI=1S/C18H16N4O2/c1-13-14(12-22(21-13)15-7-3-2-4-8-15)11-19-20-17-10-6-5-9-16(17)18(23)24/h2-12,20H,1H3,(H,23,24)/b19-11+. The number of anilines is 1. The molecule has 0 saturated heterocycles. The Morgan fingerprint density at radius 3 is 2.62 bits per heavy atom. The summed E-state index contributed by atoms with van der Waals surface area (Å²) in [5.74, 6) is -0.999. The largest absolute Gasteiger partial charge is 0.478 e. The first-order valence-electron chi connectivity index (χ1n) is 7.38. The molecule has 0 aliphatic heterocycles. The fraction of sp³-hybridized carbons (Fsp3) is 0.0556. The number of aryl methyl sites for hydroxylation is 1. The van der Waals surface area contributed by atoms with E-state index in [0.717, 1.165) is 16.9 Å². The van der Waals surface area contributed by atoms with Crippen molar-refractivity contribution in [3.05, 3.63) is 77.6 Å². The third kappa shape index (κ3) is 3.33. The summed E-state index contributed by atoms with van der Waals surface area (Å²) < 4.78 is 1.78. The van der Waals surface area contributed by atoms with Crippen LogP contribution in [0.3, 0.4) is 0 Å². The Labute approximate surface area is 139 Å². The summed E-state index contributed by atoms with van der Waals surface area (Å²) >= 11 is 0. The van der Waals surface area contributed by atoms with Gasteiger partial charge in [-0.15, -0.1) is 0 Å². The van der Waals surface area contributed by atoms with Crippen LogP contribution in [-0.4, -0.2) is 27.1 Å². The molecule has 0 bridgehead atoms. The van der Waals surface area contributed by atoms with Crippen molar-refractivity contribution in [2.24, 2.45) is 5.10 Å². The van der Waals surface area contributed by atoms with E-state index in [9.17, 15) is 4.79 Å². The van der Waals surface area contributed by atoms with Crippen LogP contribution in [0.1, 0.15) is 21.6 Å². The fourth-order valence-corrected chi connectivity index (χ4v) is 2.25. The molecule has 0 aliphatic rings. The maximum Gasteiger partial charge on any atom is 0.337 e. The van der Waals surface area contributed by atoms with E-state index in [0.29, 0.717) is 5.69 Å². The molecule has 6 nitrogen and oxygen atoms in total. The van der Waals surface area contributed by atoms with Crippen LogP contribution in [-0.2, 0) is 0 Å². The zero-order chi connectivity index (χ0) is 16.9. The van der Waals surface area contributed by atoms with Crippen molar-refractivity contribution in [3.63, 3.8) is 0 Å². The van der Waals surface area contributed by atoms with E-state index in [1.807, 2.05) is 43.5 Å². The van der Waals surface area contributed by atoms with E-state index in [4.69, 9.17) is 5.11 Å². The molecule has 0 aliphatic carbocycles. The minimum Gasteiger partial charge on any atom is -0.478 e. The van der Waals surface area contributed by atoms with Crippen LogP contribution in [0.4, 0.5) is 5.69 Å². The molecule has 1 heterocycles. The van der Waals surface area contributed by atoms with Gasteiger partial charge in [0.25, 0.3) is 0 Å². The highest BCUT2D eigenvalue weighted by Gasteiger charge is 2.08. The molecule has 2 N–H and O–H groups in total. The third-order valence-electron chi connectivity index (χ3n) is 3.50. The van der Waals surface area contributed by atoms with Crippen LogP contribution in [0.15, 0.2) is 65.9 Å². The molecule has 0 radical (unpaired) electrons. The predicted molar refractivity (Wildman–Crippen MR) is 92.9 cm³/mol. The zero-order valence-electron chi connectivity index (χ0n) is 13.0. The van der Waals surface area contributed by atoms with E-state index in [2.05, 4.69) is 15.6 Å². The summed E-state index contributed by atoms with van der Waals surface area (Å²) in [7, 11) is 0. The second-order valence-corrected chi connectivity index (χ2v) is 5.17. The van der Waals surface area contributed by atoms with Gasteiger partial charge in [-0.1, -0.05) is 30.3 Å². The highest BCUT2D eigenvalue weighted by Crippen LogP contribution is 2.15. The summed E-state index contributed by atoms with van der Waals surface area (Å²) in [4.78, 5) is 11.2. The van der Waals surface area contributed by atoms with Crippen LogP contribution in [0.2, 0.25) is 0 Å². The number of para-hydroxylation sites is 2. The Balaban J connectivity index is 1.79. The van der Waals surface area contributed by atoms with Gasteiger partial charge in [-0.05, 0) is 31.2 Å². The van der Waals surface area contributed by atoms with Crippen molar-refractivity contribution in [1.29, 1.82) is 0 Å². The van der Waals surface area contributed by atoms with Crippen molar-refractivity contribution in [2.75, 3.05) is 5.43 Å². The Kier molecular flexibility index (Phi) is 4.38. The van der Waals surface area contributed by atoms with Crippen molar-refractivity contribution in [1.82, 2.24) is 9.78 Å². The highest BCUT2D eigenvalue weighted by atomic mass is 16.4. The minimum absolute atomic E-state index is 0.173. The fourth-order valence-electron chi connectivity index (χ4n) is 2.25. The third-order valence-corrected chi connectivity index (χ3v) is 3.50. The molecule has 0 fully saturated rings. The lowest BCUT2D eigenvalue weighted by Crippen LogP contribution is -2.02. The number of aromatic carboxylic acids is 1. The summed E-state index contributed by atoms with van der Waals surface area (Å²) in [6.07, 6.45) is 3.50. The molecular formula is C18H16N4O2. The lowest BCUT2D eigenvalue weighted by Gasteiger charge is -2.03. The number of hydrogen-bond donors (Lipinski definition) is 2. The molecule has 6 heteroatoms. The van der Waals surface area contributed by atoms with Crippen molar-refractivity contribution < 1.29 is 9.90 Å². The number of aromatic nitrogens is 2. The van der Waals surface area contributed by atoms with E-state index in [1.54, 1.807) is 29.1 Å². The number of nitrogens with one attached hydrogen (secondary N) is 1. The number of hydrazone groups is 1. The Hall–Kier alpha value is -3.41. The number of carboxylic acids is 1. The normalized spacial score (nSPS) is 10.9. The topological polar surface area (TPSA) is 79.5 Å². The monoisotopic (exact) mass is 320 g/mol. The Morgan fingerprint density at radius 2 is 1.88 bits per heavy atom. The second-order valence-electron chi connectivity index (χ2n) is 5.17. The van der Waals surface area contributed by atoms with E-state index in [1.165, 1.54) is 6.07 Å². The molecule has 3 rings (SSSR count). The zero-order valence-corrected chi connectivity index (χ0v) is 13.0. The van der Waals surface area contributed by atoms with Crippen LogP contribution < -0.4 is 5.43 Å². The average Bonchev–Trinajstić information content (AvgIpc) is 2.97. The molecule has 120 valence electrons. The Bertz CT molecular complexity index is 885. The van der Waals surface area contributed by atoms with Gasteiger partial charge >= 0.3 is 5.97 Å². The van der Waals surface area contributed by atoms with E-state index < -0.39 is 5.97 Å². The molecule has 0 unspecified atom stereocenters. The number of benzene rings is 2. The van der Waals surface area contributed by atoms with Crippen LogP contribution in [0.5, 0.6) is 0 Å². The summed E-state index contributed by atoms with van der Waals surface area (Å²) in [6, 6.07) is 16.4. The van der Waals surface area contributed by atoms with Crippen molar-refractivity contribution >= 4 is 17.9 Å². The van der Waals surface area contributed by atoms with Gasteiger partial charge in [-0.2, -0.15) is 10.2 Å². The SMILES string of the molecule is Cc1nn(-c2ccccc2)cc1/C=N/Nc1ccccc1C(=O)O. The van der Waals surface area contributed by atoms with Gasteiger partial charge in [0.15, 0.2) is 0 Å². The number of hydrogen-bond acceptors (Lipinski definition) is 4. The first kappa shape index (κ1) is 15.5. The molecule has 1 aromatic heterocycles. The number of carboxylic acid groups (broad SMARTS) is 1. The first-order valence-corrected chi connectivity index (χ1v) is 7.38. The highest BCUT2D eigenvalue weighted by molar-refractivity contribution is 5.94. The molecule has 0 saturated carbocycles. The lowest BCUT2D eigenvalue weighted by atomic mass is 10.2. The molecule has 0 spiro atoms. The van der Waals surface area contributed by atoms with E-state index >= 15 is 0 Å². The minimum atomic E-state index is -0.999. The summed E-state index contributed by atoms with van der Waals surface area (Å²) in [5.41, 5.74) is 6.02. The van der Waals surface area contributed by atoms with Gasteiger partial charge < -0.3 is 5.11 Å². The van der Waals surface area contributed by atoms with Gasteiger partial charge in [-0.3, -0.25) is 5.43 Å². The summed E-state index contributed by atoms with van der Waals surface area (Å²) in [6.45, 7) is 1.89. The van der Waals surface area contributed by atoms with Gasteiger partial charge in [-0.25, -0.2) is 9.48 Å². The predicted octanol–water partition coefficient (Wildman–Crippen LogP) is 3.32. The molecule has 2 aromatic carbocycles. The van der Waals surface area contributed by atoms with E-state index in [-0.39, 0.29) is 5.56 Å². The smallest absolute Gasteiger partial charge is 0.337 e. The average molecular weight is 320 g/mol. The van der Waals surface area contributed by atoms with Crippen LogP contribution >= 0.6 is 0 Å². The summed E-state index contributed by atoms with van der Waals surface area (Å²) in [5, 5.41) is 17.7. The number of carbonyl (C=O) groups is 1. The molecule has 3 aromatic rings. The van der Waals surface area contributed by atoms with Gasteiger partial charge in [0.2, 0.25) is 0 Å². The van der Waals surface area contributed by atoms with Crippen LogP contribution in [0.25, 0.3) is 5.69 Å². The van der Waals surface area contributed by atoms with Crippen molar-refractivity contribution in [3.8, 4) is 5.69 Å². The van der Waals surface area contributed by atoms with Crippen molar-refractivity contribution in [2.45, 2.75) is 6.92 Å². The molecule has 24 heavy (non-hydrogen) atoms. The first-order chi connectivity index (χ1) is 11.6. The quantitative estimate of drug-likeness (QED) is 0.558. The molecule has 0 atom stereocenters. The molecule has 0 amide bonds. The second kappa shape index (κ2) is 6.78. The number of rotatable bonds is 5. The maximum atomic E-state index is 11.2. The Morgan fingerprint density at radius 1 is 1.17 bits per heavy atom. The van der Waals surface area contributed by atoms with Gasteiger partial charge in [0.1, 0.15) is 0 Å². The number of nitrogens with zero attached hydrogens (tertiary/aromatic N) is 3. The van der Waals surface area contributed by atoms with Gasteiger partial charge in [0, 0.05) is 11.8 Å². The van der Waals surface area contributed by atoms with Crippen LogP contribution in [0, 0.1) is 6.92 Å². The van der Waals surface area contributed by atoms with Gasteiger partial charge in [0.05, 0.1) is 28.8 Å². The lowest BCUT2D eigenvalue weighted by molar-refractivity contribution is 0.0698. The molecular weight excluding hydrogens is 304 g/mol. The maximum absolute atomic E-state index is 11.2.